The molecule has 0 unspecified atom stereocenters. The molecule has 3 rings (SSSR count). The van der Waals surface area contributed by atoms with Crippen molar-refractivity contribution in [1.29, 1.82) is 0 Å². The van der Waals surface area contributed by atoms with E-state index in [1.807, 2.05) is 24.4 Å². The Morgan fingerprint density at radius 1 is 1.24 bits per heavy atom. The minimum Gasteiger partial charge on any atom is -0.497 e. The average molecular weight is 286 g/mol. The van der Waals surface area contributed by atoms with E-state index >= 15 is 0 Å². The number of aromatic amines is 1. The normalized spacial score (nSPS) is 17.4. The smallest absolute Gasteiger partial charge is 0.198 e. The van der Waals surface area contributed by atoms with E-state index in [0.717, 1.165) is 35.1 Å². The number of aromatic nitrogens is 1. The number of rotatable bonds is 3. The van der Waals surface area contributed by atoms with Crippen LogP contribution in [0.5, 0.6) is 11.6 Å². The highest BCUT2D eigenvalue weighted by atomic mass is 16.5. The molecule has 1 aromatic heterocycles. The summed E-state index contributed by atoms with van der Waals surface area (Å²) >= 11 is 0. The molecule has 1 aromatic carbocycles. The third-order valence-corrected chi connectivity index (χ3v) is 4.26. The van der Waals surface area contributed by atoms with Gasteiger partial charge in [-0.2, -0.15) is 0 Å². The maximum atomic E-state index is 10.1. The lowest BCUT2D eigenvalue weighted by atomic mass is 10.1. The number of ether oxygens (including phenoxy) is 1. The SMILES string of the molecule is COc1ccc2[nH]c(O)c(C=NC3CCCCCC3)c2c1. The summed E-state index contributed by atoms with van der Waals surface area (Å²) in [4.78, 5) is 7.69. The van der Waals surface area contributed by atoms with Crippen LogP contribution in [0.1, 0.15) is 44.1 Å². The van der Waals surface area contributed by atoms with Gasteiger partial charge in [0.2, 0.25) is 0 Å². The standard InChI is InChI=1S/C17H22N2O2/c1-21-13-8-9-16-14(10-13)15(17(20)19-16)11-18-12-6-4-2-3-5-7-12/h8-12,19-20H,2-7H2,1H3. The number of hydrogen-bond acceptors (Lipinski definition) is 3. The fourth-order valence-corrected chi connectivity index (χ4v) is 3.02. The van der Waals surface area contributed by atoms with Crippen LogP contribution in [0.15, 0.2) is 23.2 Å². The third kappa shape index (κ3) is 3.04. The quantitative estimate of drug-likeness (QED) is 0.661. The monoisotopic (exact) mass is 286 g/mol. The molecule has 1 saturated carbocycles. The number of benzene rings is 1. The zero-order chi connectivity index (χ0) is 14.7. The third-order valence-electron chi connectivity index (χ3n) is 4.26. The summed E-state index contributed by atoms with van der Waals surface area (Å²) < 4.78 is 5.26. The molecule has 1 fully saturated rings. The van der Waals surface area contributed by atoms with Crippen molar-refractivity contribution in [3.05, 3.63) is 23.8 Å². The molecule has 0 radical (unpaired) electrons. The molecule has 1 aliphatic carbocycles. The Hall–Kier alpha value is -1.97. The molecule has 0 saturated heterocycles. The highest BCUT2D eigenvalue weighted by molar-refractivity contribution is 6.02. The van der Waals surface area contributed by atoms with Crippen LogP contribution in [0.4, 0.5) is 0 Å². The molecule has 1 aliphatic rings. The molecular weight excluding hydrogens is 264 g/mol. The molecule has 1 heterocycles. The molecule has 0 spiro atoms. The Kier molecular flexibility index (Phi) is 4.13. The van der Waals surface area contributed by atoms with E-state index in [1.54, 1.807) is 7.11 Å². The van der Waals surface area contributed by atoms with Gasteiger partial charge in [-0.1, -0.05) is 25.7 Å². The summed E-state index contributed by atoms with van der Waals surface area (Å²) in [5.74, 6) is 0.959. The second-order valence-electron chi connectivity index (χ2n) is 5.72. The van der Waals surface area contributed by atoms with Crippen LogP contribution in [-0.2, 0) is 0 Å². The van der Waals surface area contributed by atoms with Crippen LogP contribution < -0.4 is 4.74 Å². The molecule has 21 heavy (non-hydrogen) atoms. The van der Waals surface area contributed by atoms with Crippen molar-refractivity contribution in [2.75, 3.05) is 7.11 Å². The Morgan fingerprint density at radius 2 is 2.00 bits per heavy atom. The largest absolute Gasteiger partial charge is 0.497 e. The van der Waals surface area contributed by atoms with Crippen molar-refractivity contribution < 1.29 is 9.84 Å². The Balaban J connectivity index is 1.89. The summed E-state index contributed by atoms with van der Waals surface area (Å²) in [5, 5.41) is 11.0. The summed E-state index contributed by atoms with van der Waals surface area (Å²) in [7, 11) is 1.65. The minimum absolute atomic E-state index is 0.177. The van der Waals surface area contributed by atoms with Crippen molar-refractivity contribution in [2.24, 2.45) is 4.99 Å². The van der Waals surface area contributed by atoms with Crippen LogP contribution >= 0.6 is 0 Å². The predicted octanol–water partition coefficient (Wildman–Crippen LogP) is 4.02. The van der Waals surface area contributed by atoms with Gasteiger partial charge in [0.15, 0.2) is 5.88 Å². The topological polar surface area (TPSA) is 57.6 Å². The summed E-state index contributed by atoms with van der Waals surface area (Å²) in [6.45, 7) is 0. The Morgan fingerprint density at radius 3 is 2.71 bits per heavy atom. The lowest BCUT2D eigenvalue weighted by Crippen LogP contribution is -2.02. The number of fused-ring (bicyclic) bond motifs is 1. The van der Waals surface area contributed by atoms with Crippen LogP contribution in [0.2, 0.25) is 0 Å². The second-order valence-corrected chi connectivity index (χ2v) is 5.72. The maximum absolute atomic E-state index is 10.1. The minimum atomic E-state index is 0.177. The summed E-state index contributed by atoms with van der Waals surface area (Å²) in [6, 6.07) is 6.11. The molecule has 4 nitrogen and oxygen atoms in total. The van der Waals surface area contributed by atoms with Gasteiger partial charge in [-0.15, -0.1) is 0 Å². The van der Waals surface area contributed by atoms with E-state index in [1.165, 1.54) is 25.7 Å². The zero-order valence-corrected chi connectivity index (χ0v) is 12.4. The fraction of sp³-hybridized carbons (Fsp3) is 0.471. The van der Waals surface area contributed by atoms with E-state index in [4.69, 9.17) is 9.73 Å². The van der Waals surface area contributed by atoms with Gasteiger partial charge in [0.05, 0.1) is 12.7 Å². The number of aromatic hydroxyl groups is 1. The van der Waals surface area contributed by atoms with Crippen molar-refractivity contribution >= 4 is 17.1 Å². The van der Waals surface area contributed by atoms with E-state index in [9.17, 15) is 5.11 Å². The van der Waals surface area contributed by atoms with Crippen molar-refractivity contribution in [2.45, 2.75) is 44.6 Å². The molecule has 0 bridgehead atoms. The molecule has 0 aliphatic heterocycles. The van der Waals surface area contributed by atoms with Crippen LogP contribution in [0.25, 0.3) is 10.9 Å². The zero-order valence-electron chi connectivity index (χ0n) is 12.4. The molecular formula is C17H22N2O2. The number of H-pyrrole nitrogens is 1. The maximum Gasteiger partial charge on any atom is 0.198 e. The van der Waals surface area contributed by atoms with Gasteiger partial charge in [0.1, 0.15) is 5.75 Å². The lowest BCUT2D eigenvalue weighted by molar-refractivity contribution is 0.415. The highest BCUT2D eigenvalue weighted by Crippen LogP contribution is 2.29. The first-order valence-electron chi connectivity index (χ1n) is 7.70. The van der Waals surface area contributed by atoms with E-state index in [0.29, 0.717) is 6.04 Å². The fourth-order valence-electron chi connectivity index (χ4n) is 3.02. The van der Waals surface area contributed by atoms with E-state index in [-0.39, 0.29) is 5.88 Å². The molecule has 0 atom stereocenters. The molecule has 2 aromatic rings. The number of methoxy groups -OCH3 is 1. The van der Waals surface area contributed by atoms with Gasteiger partial charge in [0.25, 0.3) is 0 Å². The number of nitrogens with one attached hydrogen (secondary N) is 1. The highest BCUT2D eigenvalue weighted by Gasteiger charge is 2.13. The Bertz CT molecular complexity index is 638. The first-order chi connectivity index (χ1) is 10.3. The van der Waals surface area contributed by atoms with Gasteiger partial charge in [-0.3, -0.25) is 4.99 Å². The van der Waals surface area contributed by atoms with E-state index < -0.39 is 0 Å². The van der Waals surface area contributed by atoms with Gasteiger partial charge < -0.3 is 14.8 Å². The van der Waals surface area contributed by atoms with Crippen LogP contribution in [0.3, 0.4) is 0 Å². The van der Waals surface area contributed by atoms with Crippen molar-refractivity contribution in [3.8, 4) is 11.6 Å². The molecule has 2 N–H and O–H groups in total. The first-order valence-corrected chi connectivity index (χ1v) is 7.70. The van der Waals surface area contributed by atoms with Gasteiger partial charge in [-0.25, -0.2) is 0 Å². The average Bonchev–Trinajstić information content (AvgIpc) is 2.68. The van der Waals surface area contributed by atoms with Gasteiger partial charge in [-0.05, 0) is 31.0 Å². The predicted molar refractivity (Wildman–Crippen MR) is 85.6 cm³/mol. The molecule has 112 valence electrons. The second kappa shape index (κ2) is 6.20. The van der Waals surface area contributed by atoms with Crippen molar-refractivity contribution in [3.63, 3.8) is 0 Å². The molecule has 0 amide bonds. The Labute approximate surface area is 124 Å². The first kappa shape index (κ1) is 14.0. The van der Waals surface area contributed by atoms with Crippen LogP contribution in [-0.4, -0.2) is 29.5 Å². The van der Waals surface area contributed by atoms with Gasteiger partial charge >= 0.3 is 0 Å². The summed E-state index contributed by atoms with van der Waals surface area (Å²) in [6.07, 6.45) is 9.30. The lowest BCUT2D eigenvalue weighted by Gasteiger charge is -2.07. The van der Waals surface area contributed by atoms with Crippen molar-refractivity contribution in [1.82, 2.24) is 4.98 Å². The molecule has 4 heteroatoms. The van der Waals surface area contributed by atoms with Gasteiger partial charge in [0, 0.05) is 23.2 Å². The number of hydrogen-bond donors (Lipinski definition) is 2. The number of nitrogens with zero attached hydrogens (tertiary/aromatic N) is 1. The summed E-state index contributed by atoms with van der Waals surface area (Å²) in [5.41, 5.74) is 1.66. The van der Waals surface area contributed by atoms with E-state index in [2.05, 4.69) is 4.98 Å². The number of aliphatic imine (C=N–C) groups is 1. The van der Waals surface area contributed by atoms with Crippen LogP contribution in [0, 0.1) is 0 Å².